The average molecular weight is 347 g/mol. The Balaban J connectivity index is 1.76. The third-order valence-corrected chi connectivity index (χ3v) is 4.96. The average Bonchev–Trinajstić information content (AvgIpc) is 2.96. The van der Waals surface area contributed by atoms with Crippen molar-refractivity contribution in [3.63, 3.8) is 0 Å². The first-order valence-electron chi connectivity index (χ1n) is 8.11. The molecule has 2 aromatic rings. The molecule has 1 aromatic carbocycles. The molecule has 1 aliphatic heterocycles. The zero-order chi connectivity index (χ0) is 17.3. The van der Waals surface area contributed by atoms with Gasteiger partial charge in [-0.25, -0.2) is 4.39 Å². The Hall–Kier alpha value is -2.02. The summed E-state index contributed by atoms with van der Waals surface area (Å²) in [6.07, 6.45) is 2.06. The second kappa shape index (κ2) is 6.84. The van der Waals surface area contributed by atoms with Crippen molar-refractivity contribution in [1.29, 1.82) is 0 Å². The van der Waals surface area contributed by atoms with E-state index >= 15 is 0 Å². The molecule has 0 N–H and O–H groups in total. The van der Waals surface area contributed by atoms with Crippen molar-refractivity contribution in [3.05, 3.63) is 35.9 Å². The van der Waals surface area contributed by atoms with Crippen LogP contribution in [0.3, 0.4) is 0 Å². The second-order valence-corrected chi connectivity index (χ2v) is 6.82. The van der Waals surface area contributed by atoms with E-state index in [1.807, 2.05) is 30.5 Å². The Morgan fingerprint density at radius 3 is 2.42 bits per heavy atom. The fourth-order valence-corrected chi connectivity index (χ4v) is 3.40. The number of anilines is 2. The molecule has 1 aliphatic rings. The topological polar surface area (TPSA) is 37.2 Å². The highest BCUT2D eigenvalue weighted by Gasteiger charge is 2.26. The smallest absolute Gasteiger partial charge is 0.231 e. The maximum absolute atomic E-state index is 13.1. The van der Waals surface area contributed by atoms with E-state index in [9.17, 15) is 4.39 Å². The minimum absolute atomic E-state index is 0.244. The highest BCUT2D eigenvalue weighted by molar-refractivity contribution is 7.80. The zero-order valence-corrected chi connectivity index (χ0v) is 15.1. The Morgan fingerprint density at radius 2 is 1.83 bits per heavy atom. The summed E-state index contributed by atoms with van der Waals surface area (Å²) in [5.41, 5.74) is 0.879. The number of aromatic nitrogens is 3. The fraction of sp³-hybridized carbons (Fsp3) is 0.471. The Kier molecular flexibility index (Phi) is 4.80. The van der Waals surface area contributed by atoms with Crippen molar-refractivity contribution in [3.8, 4) is 0 Å². The van der Waals surface area contributed by atoms with Crippen LogP contribution in [0, 0.1) is 5.82 Å². The quantitative estimate of drug-likeness (QED) is 0.797. The van der Waals surface area contributed by atoms with Gasteiger partial charge in [-0.05, 0) is 44.0 Å². The molecule has 24 heavy (non-hydrogen) atoms. The molecule has 1 fully saturated rings. The molecule has 2 heterocycles. The molecular weight excluding hydrogens is 325 g/mol. The zero-order valence-electron chi connectivity index (χ0n) is 14.2. The predicted octanol–water partition coefficient (Wildman–Crippen LogP) is 3.25. The molecule has 3 rings (SSSR count). The van der Waals surface area contributed by atoms with Crippen molar-refractivity contribution >= 4 is 28.8 Å². The van der Waals surface area contributed by atoms with Gasteiger partial charge in [0, 0.05) is 38.8 Å². The number of halogens is 1. The Bertz CT molecular complexity index is 719. The molecule has 0 unspecified atom stereocenters. The monoisotopic (exact) mass is 347 g/mol. The largest absolute Gasteiger partial charge is 0.366 e. The van der Waals surface area contributed by atoms with Crippen LogP contribution in [0.5, 0.6) is 0 Å². The lowest BCUT2D eigenvalue weighted by Gasteiger charge is -2.32. The van der Waals surface area contributed by atoms with Gasteiger partial charge in [0.1, 0.15) is 11.6 Å². The minimum Gasteiger partial charge on any atom is -0.366 e. The van der Waals surface area contributed by atoms with E-state index in [1.165, 1.54) is 12.1 Å². The predicted molar refractivity (Wildman–Crippen MR) is 97.3 cm³/mol. The molecule has 0 saturated carbocycles. The van der Waals surface area contributed by atoms with Gasteiger partial charge >= 0.3 is 0 Å². The standard InChI is InChI=1S/C17H22FN5S/c1-12(24)23-10-8-13(9-11-23)16-19-20-17(22(16)3)21(2)15-6-4-14(18)5-7-15/h4-7,13H,8-11H2,1-3H3. The molecule has 7 heteroatoms. The molecule has 1 saturated heterocycles. The summed E-state index contributed by atoms with van der Waals surface area (Å²) < 4.78 is 15.1. The summed E-state index contributed by atoms with van der Waals surface area (Å²) in [6.45, 7) is 3.92. The normalized spacial score (nSPS) is 15.6. The summed E-state index contributed by atoms with van der Waals surface area (Å²) in [5, 5.41) is 8.77. The number of thiocarbonyl (C=S) groups is 1. The molecule has 0 atom stereocenters. The summed E-state index contributed by atoms with van der Waals surface area (Å²) in [5.74, 6) is 1.90. The fourth-order valence-electron chi connectivity index (χ4n) is 3.21. The SMILES string of the molecule is CC(=S)N1CCC(c2nnc(N(C)c3ccc(F)cc3)n2C)CC1. The highest BCUT2D eigenvalue weighted by atomic mass is 32.1. The molecule has 0 radical (unpaired) electrons. The number of nitrogens with zero attached hydrogens (tertiary/aromatic N) is 5. The van der Waals surface area contributed by atoms with Crippen LogP contribution in [0.15, 0.2) is 24.3 Å². The van der Waals surface area contributed by atoms with Crippen LogP contribution in [-0.4, -0.2) is 44.8 Å². The molecule has 5 nitrogen and oxygen atoms in total. The number of likely N-dealkylation sites (tertiary alicyclic amines) is 1. The van der Waals surface area contributed by atoms with E-state index in [2.05, 4.69) is 15.1 Å². The minimum atomic E-state index is -0.244. The first kappa shape index (κ1) is 16.8. The van der Waals surface area contributed by atoms with Gasteiger partial charge in [-0.3, -0.25) is 4.57 Å². The molecular formula is C17H22FN5S. The van der Waals surface area contributed by atoms with Gasteiger partial charge in [-0.15, -0.1) is 10.2 Å². The van der Waals surface area contributed by atoms with Crippen molar-refractivity contribution in [2.45, 2.75) is 25.7 Å². The van der Waals surface area contributed by atoms with Crippen molar-refractivity contribution in [2.75, 3.05) is 25.0 Å². The van der Waals surface area contributed by atoms with E-state index in [0.717, 1.165) is 48.4 Å². The van der Waals surface area contributed by atoms with Gasteiger partial charge in [0.25, 0.3) is 0 Å². The van der Waals surface area contributed by atoms with Gasteiger partial charge in [-0.2, -0.15) is 0 Å². The van der Waals surface area contributed by atoms with Crippen molar-refractivity contribution in [1.82, 2.24) is 19.7 Å². The molecule has 0 spiro atoms. The Morgan fingerprint density at radius 1 is 1.21 bits per heavy atom. The van der Waals surface area contributed by atoms with Gasteiger partial charge < -0.3 is 9.80 Å². The van der Waals surface area contributed by atoms with Gasteiger partial charge in [0.2, 0.25) is 5.95 Å². The van der Waals surface area contributed by atoms with Crippen molar-refractivity contribution < 1.29 is 4.39 Å². The second-order valence-electron chi connectivity index (χ2n) is 6.23. The van der Waals surface area contributed by atoms with Crippen LogP contribution < -0.4 is 4.90 Å². The van der Waals surface area contributed by atoms with Gasteiger partial charge in [0.05, 0.1) is 4.99 Å². The number of piperidine rings is 1. The lowest BCUT2D eigenvalue weighted by Crippen LogP contribution is -2.36. The summed E-state index contributed by atoms with van der Waals surface area (Å²) in [6, 6.07) is 6.38. The number of rotatable bonds is 3. The van der Waals surface area contributed by atoms with Crippen LogP contribution in [0.25, 0.3) is 0 Å². The summed E-state index contributed by atoms with van der Waals surface area (Å²) in [7, 11) is 3.90. The van der Waals surface area contributed by atoms with Crippen molar-refractivity contribution in [2.24, 2.45) is 7.05 Å². The molecule has 128 valence electrons. The van der Waals surface area contributed by atoms with Crippen LogP contribution in [0.2, 0.25) is 0 Å². The molecule has 0 bridgehead atoms. The summed E-state index contributed by atoms with van der Waals surface area (Å²) >= 11 is 5.26. The van der Waals surface area contributed by atoms with E-state index < -0.39 is 0 Å². The lowest BCUT2D eigenvalue weighted by molar-refractivity contribution is 0.307. The number of benzene rings is 1. The Labute approximate surface area is 147 Å². The maximum atomic E-state index is 13.1. The van der Waals surface area contributed by atoms with E-state index in [1.54, 1.807) is 12.1 Å². The first-order valence-corrected chi connectivity index (χ1v) is 8.52. The third-order valence-electron chi connectivity index (χ3n) is 4.70. The van der Waals surface area contributed by atoms with E-state index in [0.29, 0.717) is 5.92 Å². The molecule has 0 amide bonds. The molecule has 0 aliphatic carbocycles. The lowest BCUT2D eigenvalue weighted by atomic mass is 9.96. The van der Waals surface area contributed by atoms with Gasteiger partial charge in [0.15, 0.2) is 0 Å². The third kappa shape index (κ3) is 3.26. The summed E-state index contributed by atoms with van der Waals surface area (Å²) in [4.78, 5) is 5.13. The maximum Gasteiger partial charge on any atom is 0.231 e. The first-order chi connectivity index (χ1) is 11.5. The van der Waals surface area contributed by atoms with Crippen LogP contribution in [0.4, 0.5) is 16.0 Å². The van der Waals surface area contributed by atoms with E-state index in [-0.39, 0.29) is 5.82 Å². The van der Waals surface area contributed by atoms with Gasteiger partial charge in [-0.1, -0.05) is 12.2 Å². The van der Waals surface area contributed by atoms with Crippen LogP contribution in [-0.2, 0) is 7.05 Å². The van der Waals surface area contributed by atoms with E-state index in [4.69, 9.17) is 12.2 Å². The highest BCUT2D eigenvalue weighted by Crippen LogP contribution is 2.30. The van der Waals surface area contributed by atoms with Crippen LogP contribution >= 0.6 is 12.2 Å². The number of hydrogen-bond donors (Lipinski definition) is 0. The molecule has 1 aromatic heterocycles. The van der Waals surface area contributed by atoms with Crippen LogP contribution in [0.1, 0.15) is 31.5 Å². The number of hydrogen-bond acceptors (Lipinski definition) is 4.